The molecule has 80 valence electrons. The molecule has 1 fully saturated rings. The van der Waals surface area contributed by atoms with E-state index in [9.17, 15) is 9.59 Å². The monoisotopic (exact) mass is 202 g/mol. The molecule has 0 aromatic heterocycles. The average molecular weight is 202 g/mol. The molecule has 0 aliphatic carbocycles. The summed E-state index contributed by atoms with van der Waals surface area (Å²) in [6, 6.07) is 0. The predicted octanol–water partition coefficient (Wildman–Crippen LogP) is -0.0759. The van der Waals surface area contributed by atoms with E-state index in [1.54, 1.807) is 6.92 Å². The molecule has 14 heavy (non-hydrogen) atoms. The minimum atomic E-state index is -0.494. The minimum absolute atomic E-state index is 0.0149. The summed E-state index contributed by atoms with van der Waals surface area (Å²) in [7, 11) is 0. The number of ether oxygens (including phenoxy) is 3. The Bertz CT molecular complexity index is 209. The third-order valence-electron chi connectivity index (χ3n) is 1.73. The van der Waals surface area contributed by atoms with Crippen molar-refractivity contribution in [1.29, 1.82) is 0 Å². The minimum Gasteiger partial charge on any atom is -0.466 e. The molecule has 5 heteroatoms. The summed E-state index contributed by atoms with van der Waals surface area (Å²) in [6.07, 6.45) is -0.192. The molecule has 0 aromatic carbocycles. The van der Waals surface area contributed by atoms with Crippen LogP contribution in [-0.2, 0) is 23.8 Å². The molecule has 1 heterocycles. The van der Waals surface area contributed by atoms with Crippen LogP contribution in [0.3, 0.4) is 0 Å². The second-order valence-corrected chi connectivity index (χ2v) is 2.99. The van der Waals surface area contributed by atoms with E-state index in [4.69, 9.17) is 9.47 Å². The van der Waals surface area contributed by atoms with E-state index < -0.39 is 5.97 Å². The van der Waals surface area contributed by atoms with E-state index >= 15 is 0 Å². The van der Waals surface area contributed by atoms with Gasteiger partial charge < -0.3 is 14.2 Å². The quantitative estimate of drug-likeness (QED) is 0.445. The van der Waals surface area contributed by atoms with Crippen molar-refractivity contribution in [3.63, 3.8) is 0 Å². The van der Waals surface area contributed by atoms with Gasteiger partial charge in [-0.1, -0.05) is 0 Å². The maximum atomic E-state index is 11.1. The van der Waals surface area contributed by atoms with Gasteiger partial charge in [-0.05, 0) is 6.92 Å². The molecular weight excluding hydrogens is 188 g/mol. The van der Waals surface area contributed by atoms with Crippen LogP contribution in [0.5, 0.6) is 0 Å². The standard InChI is InChI=1S/C9H14O5/c1-2-13-9(11)3-7(10)4-14-8-5-12-6-8/h8H,2-6H2,1H3. The molecule has 0 saturated carbocycles. The Kier molecular flexibility index (Phi) is 4.55. The van der Waals surface area contributed by atoms with Gasteiger partial charge in [0.05, 0.1) is 19.8 Å². The number of Topliss-reactive ketones (excluding diaryl/α,β-unsaturated/α-hetero) is 1. The van der Waals surface area contributed by atoms with E-state index in [1.165, 1.54) is 0 Å². The molecule has 1 saturated heterocycles. The summed E-state index contributed by atoms with van der Waals surface area (Å²) in [6.45, 7) is 3.03. The van der Waals surface area contributed by atoms with Crippen molar-refractivity contribution in [1.82, 2.24) is 0 Å². The van der Waals surface area contributed by atoms with E-state index in [2.05, 4.69) is 4.74 Å². The molecule has 0 amide bonds. The van der Waals surface area contributed by atoms with Crippen LogP contribution in [0.15, 0.2) is 0 Å². The highest BCUT2D eigenvalue weighted by molar-refractivity contribution is 5.96. The maximum absolute atomic E-state index is 11.1. The fourth-order valence-electron chi connectivity index (χ4n) is 0.945. The first-order chi connectivity index (χ1) is 6.72. The Hall–Kier alpha value is -0.940. The summed E-state index contributed by atoms with van der Waals surface area (Å²) in [4.78, 5) is 22.0. The molecule has 0 unspecified atom stereocenters. The van der Waals surface area contributed by atoms with Crippen LogP contribution in [0.25, 0.3) is 0 Å². The van der Waals surface area contributed by atoms with Gasteiger partial charge in [-0.2, -0.15) is 0 Å². The van der Waals surface area contributed by atoms with Crippen molar-refractivity contribution >= 4 is 11.8 Å². The number of carbonyl (C=O) groups is 2. The molecule has 1 rings (SSSR count). The molecule has 0 radical (unpaired) electrons. The van der Waals surface area contributed by atoms with E-state index in [0.29, 0.717) is 19.8 Å². The van der Waals surface area contributed by atoms with Gasteiger partial charge in [0, 0.05) is 0 Å². The molecule has 0 atom stereocenters. The van der Waals surface area contributed by atoms with Crippen LogP contribution in [0, 0.1) is 0 Å². The van der Waals surface area contributed by atoms with Crippen molar-refractivity contribution < 1.29 is 23.8 Å². The molecule has 5 nitrogen and oxygen atoms in total. The van der Waals surface area contributed by atoms with Gasteiger partial charge in [0.1, 0.15) is 19.1 Å². The zero-order chi connectivity index (χ0) is 10.4. The van der Waals surface area contributed by atoms with Gasteiger partial charge >= 0.3 is 5.97 Å². The smallest absolute Gasteiger partial charge is 0.313 e. The molecule has 0 aromatic rings. The first kappa shape index (κ1) is 11.1. The van der Waals surface area contributed by atoms with Gasteiger partial charge in [-0.25, -0.2) is 0 Å². The molecule has 0 spiro atoms. The zero-order valence-electron chi connectivity index (χ0n) is 8.15. The predicted molar refractivity (Wildman–Crippen MR) is 46.8 cm³/mol. The fraction of sp³-hybridized carbons (Fsp3) is 0.778. The van der Waals surface area contributed by atoms with Crippen LogP contribution in [0.1, 0.15) is 13.3 Å². The summed E-state index contributed by atoms with van der Waals surface area (Å²) in [5.74, 6) is -0.749. The summed E-state index contributed by atoms with van der Waals surface area (Å²) in [5, 5.41) is 0. The van der Waals surface area contributed by atoms with Crippen LogP contribution in [0.2, 0.25) is 0 Å². The molecule has 1 aliphatic rings. The topological polar surface area (TPSA) is 61.8 Å². The van der Waals surface area contributed by atoms with Crippen LogP contribution in [0.4, 0.5) is 0 Å². The number of esters is 1. The normalized spacial score (nSPS) is 16.1. The Morgan fingerprint density at radius 2 is 2.14 bits per heavy atom. The lowest BCUT2D eigenvalue weighted by atomic mass is 10.3. The van der Waals surface area contributed by atoms with Crippen molar-refractivity contribution in [2.45, 2.75) is 19.4 Å². The van der Waals surface area contributed by atoms with Gasteiger partial charge in [0.15, 0.2) is 5.78 Å². The molecule has 0 bridgehead atoms. The number of hydrogen-bond acceptors (Lipinski definition) is 5. The van der Waals surface area contributed by atoms with E-state index in [0.717, 1.165) is 0 Å². The van der Waals surface area contributed by atoms with Gasteiger partial charge in [0.25, 0.3) is 0 Å². The third-order valence-corrected chi connectivity index (χ3v) is 1.73. The molecule has 0 N–H and O–H groups in total. The third kappa shape index (κ3) is 3.85. The molecular formula is C9H14O5. The van der Waals surface area contributed by atoms with Crippen molar-refractivity contribution in [2.24, 2.45) is 0 Å². The number of rotatable bonds is 6. The van der Waals surface area contributed by atoms with E-state index in [-0.39, 0.29) is 24.9 Å². The van der Waals surface area contributed by atoms with Crippen molar-refractivity contribution in [2.75, 3.05) is 26.4 Å². The lowest BCUT2D eigenvalue weighted by Gasteiger charge is -2.25. The van der Waals surface area contributed by atoms with Gasteiger partial charge in [-0.3, -0.25) is 9.59 Å². The second-order valence-electron chi connectivity index (χ2n) is 2.99. The fourth-order valence-corrected chi connectivity index (χ4v) is 0.945. The van der Waals surface area contributed by atoms with Crippen molar-refractivity contribution in [3.05, 3.63) is 0 Å². The van der Waals surface area contributed by atoms with Gasteiger partial charge in [-0.15, -0.1) is 0 Å². The first-order valence-corrected chi connectivity index (χ1v) is 4.59. The first-order valence-electron chi connectivity index (χ1n) is 4.59. The highest BCUT2D eigenvalue weighted by Crippen LogP contribution is 2.05. The van der Waals surface area contributed by atoms with Crippen LogP contribution >= 0.6 is 0 Å². The SMILES string of the molecule is CCOC(=O)CC(=O)COC1COC1. The van der Waals surface area contributed by atoms with Crippen LogP contribution < -0.4 is 0 Å². The van der Waals surface area contributed by atoms with Crippen molar-refractivity contribution in [3.8, 4) is 0 Å². The highest BCUT2D eigenvalue weighted by Gasteiger charge is 2.20. The maximum Gasteiger partial charge on any atom is 0.313 e. The zero-order valence-corrected chi connectivity index (χ0v) is 8.15. The van der Waals surface area contributed by atoms with E-state index in [1.807, 2.05) is 0 Å². The lowest BCUT2D eigenvalue weighted by Crippen LogP contribution is -2.37. The summed E-state index contributed by atoms with van der Waals surface area (Å²) < 4.78 is 14.6. The Morgan fingerprint density at radius 3 is 2.64 bits per heavy atom. The summed E-state index contributed by atoms with van der Waals surface area (Å²) in [5.41, 5.74) is 0. The Morgan fingerprint density at radius 1 is 1.43 bits per heavy atom. The van der Waals surface area contributed by atoms with Gasteiger partial charge in [0.2, 0.25) is 0 Å². The number of carbonyl (C=O) groups excluding carboxylic acids is 2. The number of ketones is 1. The Labute approximate surface area is 82.3 Å². The number of hydrogen-bond donors (Lipinski definition) is 0. The summed E-state index contributed by atoms with van der Waals surface area (Å²) >= 11 is 0. The largest absolute Gasteiger partial charge is 0.466 e. The Balaban J connectivity index is 2.05. The highest BCUT2D eigenvalue weighted by atomic mass is 16.6. The molecule has 1 aliphatic heterocycles. The second kappa shape index (κ2) is 5.72. The average Bonchev–Trinajstić information content (AvgIpc) is 2.01. The van der Waals surface area contributed by atoms with Crippen LogP contribution in [-0.4, -0.2) is 44.3 Å². The lowest BCUT2D eigenvalue weighted by molar-refractivity contribution is -0.153.